The van der Waals surface area contributed by atoms with E-state index in [9.17, 15) is 13.2 Å². The lowest BCUT2D eigenvalue weighted by molar-refractivity contribution is -0.116. The number of para-hydroxylation sites is 1. The largest absolute Gasteiger partial charge is 0.497 e. The Kier molecular flexibility index (Phi) is 6.42. The van der Waals surface area contributed by atoms with Crippen LogP contribution in [0.5, 0.6) is 5.75 Å². The van der Waals surface area contributed by atoms with Crippen molar-refractivity contribution in [2.75, 3.05) is 23.0 Å². The second-order valence-electron chi connectivity index (χ2n) is 6.83. The van der Waals surface area contributed by atoms with Gasteiger partial charge in [0, 0.05) is 11.3 Å². The van der Waals surface area contributed by atoms with E-state index in [2.05, 4.69) is 5.32 Å². The number of carbonyl (C=O) groups is 1. The summed E-state index contributed by atoms with van der Waals surface area (Å²) in [4.78, 5) is 13.0. The van der Waals surface area contributed by atoms with E-state index in [-0.39, 0.29) is 0 Å². The lowest BCUT2D eigenvalue weighted by Crippen LogP contribution is -2.45. The first kappa shape index (κ1) is 21.4. The molecule has 0 aliphatic carbocycles. The summed E-state index contributed by atoms with van der Waals surface area (Å²) in [5.74, 6) is 0.167. The molecule has 0 unspecified atom stereocenters. The number of hydrogen-bond acceptors (Lipinski definition) is 4. The van der Waals surface area contributed by atoms with Gasteiger partial charge in [-0.15, -0.1) is 0 Å². The summed E-state index contributed by atoms with van der Waals surface area (Å²) in [6, 6.07) is 22.7. The molecule has 0 aliphatic rings. The van der Waals surface area contributed by atoms with Gasteiger partial charge in [0.15, 0.2) is 0 Å². The Morgan fingerprint density at radius 2 is 1.53 bits per heavy atom. The lowest BCUT2D eigenvalue weighted by Gasteiger charge is -2.28. The third-order valence-electron chi connectivity index (χ3n) is 4.69. The Morgan fingerprint density at radius 3 is 2.13 bits per heavy atom. The summed E-state index contributed by atoms with van der Waals surface area (Å²) < 4.78 is 31.2. The minimum atomic E-state index is -3.70. The second-order valence-corrected chi connectivity index (χ2v) is 8.69. The molecule has 3 aromatic carbocycles. The van der Waals surface area contributed by atoms with Crippen molar-refractivity contribution >= 4 is 27.3 Å². The molecule has 0 spiro atoms. The number of nitrogens with zero attached hydrogens (tertiary/aromatic N) is 1. The standard InChI is InChI=1S/C23H24N2O4S/c1-17(25(30(3,27)28)19-13-15-20(29-2)16-14-19)23(26)24-22-12-8-7-11-21(22)18-9-5-4-6-10-18/h4-17H,1-3H3,(H,24,26)/t17-/m1/s1. The van der Waals surface area contributed by atoms with E-state index in [1.54, 1.807) is 37.3 Å². The number of carbonyl (C=O) groups excluding carboxylic acids is 1. The number of hydrogen-bond donors (Lipinski definition) is 1. The summed E-state index contributed by atoms with van der Waals surface area (Å²) in [6.07, 6.45) is 1.08. The van der Waals surface area contributed by atoms with Crippen molar-refractivity contribution in [3.8, 4) is 16.9 Å². The molecule has 0 aliphatic heterocycles. The van der Waals surface area contributed by atoms with E-state index in [0.717, 1.165) is 21.7 Å². The Hall–Kier alpha value is -3.32. The molecular formula is C23H24N2O4S. The van der Waals surface area contributed by atoms with Crippen LogP contribution in [0.2, 0.25) is 0 Å². The highest BCUT2D eigenvalue weighted by Crippen LogP contribution is 2.29. The van der Waals surface area contributed by atoms with E-state index in [1.807, 2.05) is 48.5 Å². The Morgan fingerprint density at radius 1 is 0.933 bits per heavy atom. The number of sulfonamides is 1. The number of ether oxygens (including phenoxy) is 1. The fourth-order valence-corrected chi connectivity index (χ4v) is 4.41. The van der Waals surface area contributed by atoms with Gasteiger partial charge in [0.25, 0.3) is 0 Å². The van der Waals surface area contributed by atoms with Crippen molar-refractivity contribution < 1.29 is 17.9 Å². The van der Waals surface area contributed by atoms with Crippen molar-refractivity contribution in [2.45, 2.75) is 13.0 Å². The molecule has 7 heteroatoms. The maximum atomic E-state index is 13.0. The lowest BCUT2D eigenvalue weighted by atomic mass is 10.0. The molecule has 3 aromatic rings. The molecule has 0 heterocycles. The smallest absolute Gasteiger partial charge is 0.248 e. The first-order valence-corrected chi connectivity index (χ1v) is 11.2. The minimum Gasteiger partial charge on any atom is -0.497 e. The SMILES string of the molecule is COc1ccc(N([C@H](C)C(=O)Nc2ccccc2-c2ccccc2)S(C)(=O)=O)cc1. The molecular weight excluding hydrogens is 400 g/mol. The first-order valence-electron chi connectivity index (χ1n) is 9.40. The van der Waals surface area contributed by atoms with Crippen LogP contribution in [0.15, 0.2) is 78.9 Å². The number of benzene rings is 3. The zero-order chi connectivity index (χ0) is 21.7. The molecule has 0 bridgehead atoms. The predicted octanol–water partition coefficient (Wildman–Crippen LogP) is 4.16. The number of nitrogens with one attached hydrogen (secondary N) is 1. The van der Waals surface area contributed by atoms with Crippen LogP contribution in [0.4, 0.5) is 11.4 Å². The van der Waals surface area contributed by atoms with Crippen molar-refractivity contribution in [2.24, 2.45) is 0 Å². The van der Waals surface area contributed by atoms with Crippen LogP contribution in [-0.4, -0.2) is 33.7 Å². The van der Waals surface area contributed by atoms with Crippen molar-refractivity contribution in [1.29, 1.82) is 0 Å². The van der Waals surface area contributed by atoms with Gasteiger partial charge in [-0.3, -0.25) is 9.10 Å². The monoisotopic (exact) mass is 424 g/mol. The van der Waals surface area contributed by atoms with Gasteiger partial charge in [-0.2, -0.15) is 0 Å². The van der Waals surface area contributed by atoms with Crippen LogP contribution in [-0.2, 0) is 14.8 Å². The quantitative estimate of drug-likeness (QED) is 0.618. The van der Waals surface area contributed by atoms with Gasteiger partial charge in [0.1, 0.15) is 11.8 Å². The van der Waals surface area contributed by atoms with Crippen LogP contribution < -0.4 is 14.4 Å². The van der Waals surface area contributed by atoms with E-state index in [4.69, 9.17) is 4.74 Å². The fraction of sp³-hybridized carbons (Fsp3) is 0.174. The molecule has 3 rings (SSSR count). The van der Waals surface area contributed by atoms with Crippen LogP contribution in [0.3, 0.4) is 0 Å². The van der Waals surface area contributed by atoms with E-state index in [0.29, 0.717) is 17.1 Å². The van der Waals surface area contributed by atoms with E-state index in [1.165, 1.54) is 7.11 Å². The highest BCUT2D eigenvalue weighted by Gasteiger charge is 2.29. The Bertz CT molecular complexity index is 1110. The van der Waals surface area contributed by atoms with E-state index < -0.39 is 22.0 Å². The number of methoxy groups -OCH3 is 1. The minimum absolute atomic E-state index is 0.386. The van der Waals surface area contributed by atoms with Gasteiger partial charge >= 0.3 is 0 Å². The molecule has 1 N–H and O–H groups in total. The molecule has 0 saturated heterocycles. The molecule has 0 saturated carbocycles. The average Bonchev–Trinajstić information content (AvgIpc) is 2.74. The number of amides is 1. The van der Waals surface area contributed by atoms with Crippen molar-refractivity contribution in [3.63, 3.8) is 0 Å². The van der Waals surface area contributed by atoms with Crippen LogP contribution in [0.25, 0.3) is 11.1 Å². The zero-order valence-electron chi connectivity index (χ0n) is 17.1. The van der Waals surface area contributed by atoms with Crippen molar-refractivity contribution in [3.05, 3.63) is 78.9 Å². The Labute approximate surface area is 177 Å². The summed E-state index contributed by atoms with van der Waals surface area (Å²) in [6.45, 7) is 1.56. The normalized spacial score (nSPS) is 12.1. The highest BCUT2D eigenvalue weighted by atomic mass is 32.2. The van der Waals surface area contributed by atoms with Gasteiger partial charge < -0.3 is 10.1 Å². The summed E-state index contributed by atoms with van der Waals surface area (Å²) in [7, 11) is -2.17. The maximum Gasteiger partial charge on any atom is 0.248 e. The predicted molar refractivity (Wildman–Crippen MR) is 120 cm³/mol. The fourth-order valence-electron chi connectivity index (χ4n) is 3.24. The molecule has 0 radical (unpaired) electrons. The van der Waals surface area contributed by atoms with Gasteiger partial charge in [-0.25, -0.2) is 8.42 Å². The maximum absolute atomic E-state index is 13.0. The van der Waals surface area contributed by atoms with Crippen LogP contribution in [0, 0.1) is 0 Å². The van der Waals surface area contributed by atoms with E-state index >= 15 is 0 Å². The van der Waals surface area contributed by atoms with Gasteiger partial charge in [0.05, 0.1) is 19.1 Å². The van der Waals surface area contributed by atoms with Gasteiger partial charge in [-0.1, -0.05) is 48.5 Å². The van der Waals surface area contributed by atoms with Crippen LogP contribution in [0.1, 0.15) is 6.92 Å². The third-order valence-corrected chi connectivity index (χ3v) is 5.93. The van der Waals surface area contributed by atoms with Crippen LogP contribution >= 0.6 is 0 Å². The third kappa shape index (κ3) is 4.80. The number of anilines is 2. The summed E-state index contributed by atoms with van der Waals surface area (Å²) in [5, 5.41) is 2.88. The summed E-state index contributed by atoms with van der Waals surface area (Å²) >= 11 is 0. The van der Waals surface area contributed by atoms with Gasteiger partial charge in [-0.05, 0) is 42.8 Å². The molecule has 156 valence electrons. The highest BCUT2D eigenvalue weighted by molar-refractivity contribution is 7.92. The first-order chi connectivity index (χ1) is 14.3. The second kappa shape index (κ2) is 9.00. The molecule has 6 nitrogen and oxygen atoms in total. The topological polar surface area (TPSA) is 75.7 Å². The molecule has 1 atom stereocenters. The average molecular weight is 425 g/mol. The van der Waals surface area contributed by atoms with Gasteiger partial charge in [0.2, 0.25) is 15.9 Å². The molecule has 30 heavy (non-hydrogen) atoms. The summed E-state index contributed by atoms with van der Waals surface area (Å²) in [5.41, 5.74) is 2.81. The Balaban J connectivity index is 1.90. The molecule has 0 fully saturated rings. The van der Waals surface area contributed by atoms with Crippen molar-refractivity contribution in [1.82, 2.24) is 0 Å². The number of rotatable bonds is 7. The zero-order valence-corrected chi connectivity index (χ0v) is 17.9. The molecule has 0 aromatic heterocycles. The molecule has 1 amide bonds.